The molecule has 0 radical (unpaired) electrons. The molecule has 0 aromatic carbocycles. The lowest BCUT2D eigenvalue weighted by Crippen LogP contribution is -2.34. The van der Waals surface area contributed by atoms with Crippen molar-refractivity contribution in [1.82, 2.24) is 4.90 Å². The molecule has 0 bridgehead atoms. The number of carbonyl (C=O) groups is 1. The van der Waals surface area contributed by atoms with E-state index in [9.17, 15) is 4.79 Å². The number of nitrogens with zero attached hydrogens (tertiary/aromatic N) is 1. The normalized spacial score (nSPS) is 25.3. The zero-order valence-corrected chi connectivity index (χ0v) is 8.49. The van der Waals surface area contributed by atoms with Crippen LogP contribution in [0.4, 0.5) is 0 Å². The highest BCUT2D eigenvalue weighted by molar-refractivity contribution is 5.78. The summed E-state index contributed by atoms with van der Waals surface area (Å²) >= 11 is 0. The molecule has 1 N–H and O–H groups in total. The van der Waals surface area contributed by atoms with Crippen LogP contribution >= 0.6 is 0 Å². The molecule has 3 heteroatoms. The van der Waals surface area contributed by atoms with Gasteiger partial charge in [-0.15, -0.1) is 0 Å². The number of amides is 1. The molecular formula is C10H19NO2. The number of aliphatic hydroxyl groups excluding tert-OH is 1. The Balaban J connectivity index is 2.46. The molecule has 0 spiro atoms. The molecule has 3 nitrogen and oxygen atoms in total. The van der Waals surface area contributed by atoms with Crippen molar-refractivity contribution >= 4 is 5.91 Å². The van der Waals surface area contributed by atoms with Crippen LogP contribution in [0.2, 0.25) is 0 Å². The van der Waals surface area contributed by atoms with E-state index >= 15 is 0 Å². The molecule has 0 aromatic heterocycles. The minimum Gasteiger partial charge on any atom is -0.396 e. The number of hydrogen-bond acceptors (Lipinski definition) is 2. The molecular weight excluding hydrogens is 166 g/mol. The van der Waals surface area contributed by atoms with E-state index < -0.39 is 0 Å². The lowest BCUT2D eigenvalue weighted by Gasteiger charge is -2.24. The van der Waals surface area contributed by atoms with Gasteiger partial charge in [0.05, 0.1) is 0 Å². The Morgan fingerprint density at radius 3 is 2.85 bits per heavy atom. The van der Waals surface area contributed by atoms with Crippen molar-refractivity contribution in [2.45, 2.75) is 39.2 Å². The van der Waals surface area contributed by atoms with Crippen LogP contribution in [0.3, 0.4) is 0 Å². The Bertz CT molecular complexity index is 182. The minimum atomic E-state index is 0.140. The molecule has 76 valence electrons. The van der Waals surface area contributed by atoms with Crippen LogP contribution in [0, 0.1) is 5.92 Å². The molecule has 1 saturated heterocycles. The first-order valence-corrected chi connectivity index (χ1v) is 5.09. The maximum absolute atomic E-state index is 11.5. The second-order valence-corrected chi connectivity index (χ2v) is 3.94. The van der Waals surface area contributed by atoms with E-state index in [4.69, 9.17) is 5.11 Å². The van der Waals surface area contributed by atoms with Crippen molar-refractivity contribution in [2.24, 2.45) is 5.92 Å². The van der Waals surface area contributed by atoms with Gasteiger partial charge in [0.25, 0.3) is 0 Å². The number of hydrogen-bond donors (Lipinski definition) is 1. The lowest BCUT2D eigenvalue weighted by atomic mass is 10.1. The van der Waals surface area contributed by atoms with Crippen molar-refractivity contribution in [3.63, 3.8) is 0 Å². The first-order valence-electron chi connectivity index (χ1n) is 5.09. The third-order valence-corrected chi connectivity index (χ3v) is 2.74. The quantitative estimate of drug-likeness (QED) is 0.710. The van der Waals surface area contributed by atoms with Crippen LogP contribution in [-0.2, 0) is 4.79 Å². The maximum Gasteiger partial charge on any atom is 0.223 e. The molecule has 13 heavy (non-hydrogen) atoms. The first kappa shape index (κ1) is 10.5. The molecule has 1 rings (SSSR count). The van der Waals surface area contributed by atoms with E-state index in [2.05, 4.69) is 13.8 Å². The zero-order chi connectivity index (χ0) is 9.84. The molecule has 0 saturated carbocycles. The second-order valence-electron chi connectivity index (χ2n) is 3.94. The number of aliphatic hydroxyl groups is 1. The fraction of sp³-hybridized carbons (Fsp3) is 0.900. The fourth-order valence-corrected chi connectivity index (χ4v) is 1.93. The predicted octanol–water partition coefficient (Wildman–Crippen LogP) is 1.02. The van der Waals surface area contributed by atoms with Crippen LogP contribution < -0.4 is 0 Å². The SMILES string of the molecule is CCCC(C)N1CC(CO)CC1=O. The highest BCUT2D eigenvalue weighted by Gasteiger charge is 2.31. The third kappa shape index (κ3) is 2.44. The van der Waals surface area contributed by atoms with Gasteiger partial charge >= 0.3 is 0 Å². The summed E-state index contributed by atoms with van der Waals surface area (Å²) in [5.74, 6) is 0.381. The maximum atomic E-state index is 11.5. The minimum absolute atomic E-state index is 0.140. The smallest absolute Gasteiger partial charge is 0.223 e. The molecule has 1 aliphatic heterocycles. The molecule has 0 aliphatic carbocycles. The summed E-state index contributed by atoms with van der Waals surface area (Å²) in [5, 5.41) is 8.93. The molecule has 2 unspecified atom stereocenters. The Kier molecular flexibility index (Phi) is 3.72. The van der Waals surface area contributed by atoms with Gasteiger partial charge < -0.3 is 10.0 Å². The summed E-state index contributed by atoms with van der Waals surface area (Å²) in [4.78, 5) is 13.4. The molecule has 2 atom stereocenters. The van der Waals surface area contributed by atoms with Crippen LogP contribution in [0.5, 0.6) is 0 Å². The van der Waals surface area contributed by atoms with E-state index in [1.165, 1.54) is 0 Å². The summed E-state index contributed by atoms with van der Waals surface area (Å²) in [5.41, 5.74) is 0. The summed E-state index contributed by atoms with van der Waals surface area (Å²) < 4.78 is 0. The monoisotopic (exact) mass is 185 g/mol. The van der Waals surface area contributed by atoms with Crippen molar-refractivity contribution in [1.29, 1.82) is 0 Å². The van der Waals surface area contributed by atoms with E-state index in [-0.39, 0.29) is 18.4 Å². The van der Waals surface area contributed by atoms with Gasteiger partial charge in [-0.25, -0.2) is 0 Å². The van der Waals surface area contributed by atoms with Gasteiger partial charge in [-0.2, -0.15) is 0 Å². The third-order valence-electron chi connectivity index (χ3n) is 2.74. The van der Waals surface area contributed by atoms with Crippen LogP contribution in [0.1, 0.15) is 33.1 Å². The Hall–Kier alpha value is -0.570. The van der Waals surface area contributed by atoms with E-state index in [1.807, 2.05) is 4.90 Å². The van der Waals surface area contributed by atoms with Gasteiger partial charge in [0.2, 0.25) is 5.91 Å². The van der Waals surface area contributed by atoms with Gasteiger partial charge in [-0.3, -0.25) is 4.79 Å². The number of rotatable bonds is 4. The standard InChI is InChI=1S/C10H19NO2/c1-3-4-8(2)11-6-9(7-12)5-10(11)13/h8-9,12H,3-7H2,1-2H3. The van der Waals surface area contributed by atoms with Gasteiger partial charge in [0, 0.05) is 31.5 Å². The Morgan fingerprint density at radius 1 is 1.69 bits per heavy atom. The van der Waals surface area contributed by atoms with E-state index in [0.29, 0.717) is 12.5 Å². The first-order chi connectivity index (χ1) is 6.19. The molecule has 1 fully saturated rings. The van der Waals surface area contributed by atoms with E-state index in [1.54, 1.807) is 0 Å². The summed E-state index contributed by atoms with van der Waals surface area (Å²) in [6, 6.07) is 0.342. The van der Waals surface area contributed by atoms with Crippen molar-refractivity contribution < 1.29 is 9.90 Å². The predicted molar refractivity (Wildman–Crippen MR) is 51.3 cm³/mol. The van der Waals surface area contributed by atoms with Crippen molar-refractivity contribution in [3.8, 4) is 0 Å². The van der Waals surface area contributed by atoms with Crippen molar-refractivity contribution in [2.75, 3.05) is 13.2 Å². The molecule has 1 aliphatic rings. The number of likely N-dealkylation sites (tertiary alicyclic amines) is 1. The topological polar surface area (TPSA) is 40.5 Å². The van der Waals surface area contributed by atoms with Gasteiger partial charge in [0.1, 0.15) is 0 Å². The summed E-state index contributed by atoms with van der Waals surface area (Å²) in [6.45, 7) is 5.10. The van der Waals surface area contributed by atoms with Crippen molar-refractivity contribution in [3.05, 3.63) is 0 Å². The van der Waals surface area contributed by atoms with Gasteiger partial charge in [-0.05, 0) is 13.3 Å². The fourth-order valence-electron chi connectivity index (χ4n) is 1.93. The lowest BCUT2D eigenvalue weighted by molar-refractivity contribution is -0.129. The van der Waals surface area contributed by atoms with Crippen LogP contribution in [0.15, 0.2) is 0 Å². The molecule has 0 aromatic rings. The average molecular weight is 185 g/mol. The van der Waals surface area contributed by atoms with Crippen LogP contribution in [-0.4, -0.2) is 35.1 Å². The molecule has 1 heterocycles. The Morgan fingerprint density at radius 2 is 2.38 bits per heavy atom. The second kappa shape index (κ2) is 4.61. The average Bonchev–Trinajstić information content (AvgIpc) is 2.47. The molecule has 1 amide bonds. The van der Waals surface area contributed by atoms with Gasteiger partial charge in [-0.1, -0.05) is 13.3 Å². The highest BCUT2D eigenvalue weighted by atomic mass is 16.3. The highest BCUT2D eigenvalue weighted by Crippen LogP contribution is 2.21. The summed E-state index contributed by atoms with van der Waals surface area (Å²) in [6.07, 6.45) is 2.70. The van der Waals surface area contributed by atoms with E-state index in [0.717, 1.165) is 19.4 Å². The number of carbonyl (C=O) groups excluding carboxylic acids is 1. The van der Waals surface area contributed by atoms with Crippen LogP contribution in [0.25, 0.3) is 0 Å². The largest absolute Gasteiger partial charge is 0.396 e. The summed E-state index contributed by atoms with van der Waals surface area (Å²) in [7, 11) is 0. The Labute approximate surface area is 79.7 Å². The van der Waals surface area contributed by atoms with Gasteiger partial charge in [0.15, 0.2) is 0 Å². The zero-order valence-electron chi connectivity index (χ0n) is 8.49.